The molecule has 2 fully saturated rings. The van der Waals surface area contributed by atoms with Crippen molar-refractivity contribution in [3.05, 3.63) is 16.5 Å². The van der Waals surface area contributed by atoms with Crippen molar-refractivity contribution < 1.29 is 0 Å². The maximum atomic E-state index is 6.36. The Labute approximate surface area is 126 Å². The highest BCUT2D eigenvalue weighted by Gasteiger charge is 2.30. The van der Waals surface area contributed by atoms with E-state index in [4.69, 9.17) is 16.6 Å². The van der Waals surface area contributed by atoms with E-state index in [0.717, 1.165) is 23.8 Å². The van der Waals surface area contributed by atoms with Gasteiger partial charge in [-0.05, 0) is 39.0 Å². The van der Waals surface area contributed by atoms with Gasteiger partial charge in [-0.25, -0.2) is 9.97 Å². The van der Waals surface area contributed by atoms with E-state index in [1.807, 2.05) is 0 Å². The summed E-state index contributed by atoms with van der Waals surface area (Å²) in [5.41, 5.74) is 1.05. The van der Waals surface area contributed by atoms with Gasteiger partial charge in [-0.1, -0.05) is 31.4 Å². The van der Waals surface area contributed by atoms with E-state index in [0.29, 0.717) is 17.1 Å². The Bertz CT molecular complexity index is 485. The molecule has 0 radical (unpaired) electrons. The molecule has 1 atom stereocenters. The first-order chi connectivity index (χ1) is 9.70. The Morgan fingerprint density at radius 1 is 1.15 bits per heavy atom. The van der Waals surface area contributed by atoms with Crippen molar-refractivity contribution in [1.82, 2.24) is 9.97 Å². The molecule has 1 unspecified atom stereocenters. The van der Waals surface area contributed by atoms with Crippen molar-refractivity contribution in [2.75, 3.05) is 11.4 Å². The van der Waals surface area contributed by atoms with Gasteiger partial charge < -0.3 is 4.90 Å². The summed E-state index contributed by atoms with van der Waals surface area (Å²) in [5, 5.41) is 0.649. The van der Waals surface area contributed by atoms with Crippen LogP contribution in [0.1, 0.15) is 69.2 Å². The zero-order chi connectivity index (χ0) is 14.1. The first-order valence-electron chi connectivity index (χ1n) is 8.01. The van der Waals surface area contributed by atoms with Crippen molar-refractivity contribution in [2.45, 2.75) is 70.8 Å². The largest absolute Gasteiger partial charge is 0.353 e. The number of halogens is 1. The van der Waals surface area contributed by atoms with Gasteiger partial charge in [0, 0.05) is 24.1 Å². The first-order valence-corrected chi connectivity index (χ1v) is 8.39. The van der Waals surface area contributed by atoms with Gasteiger partial charge >= 0.3 is 0 Å². The third-order valence-corrected chi connectivity index (χ3v) is 5.01. The van der Waals surface area contributed by atoms with Crippen LogP contribution in [0, 0.1) is 6.92 Å². The summed E-state index contributed by atoms with van der Waals surface area (Å²) in [4.78, 5) is 11.9. The number of hydrogen-bond donors (Lipinski definition) is 0. The molecule has 4 heteroatoms. The minimum atomic E-state index is 0.555. The lowest BCUT2D eigenvalue weighted by Gasteiger charge is -2.32. The molecule has 3 rings (SSSR count). The fraction of sp³-hybridized carbons (Fsp3) is 0.750. The monoisotopic (exact) mass is 293 g/mol. The van der Waals surface area contributed by atoms with Gasteiger partial charge in [-0.3, -0.25) is 0 Å². The van der Waals surface area contributed by atoms with E-state index < -0.39 is 0 Å². The molecule has 1 saturated heterocycles. The standard InChI is InChI=1S/C16H24ClN3/c1-3-13-7-5-4-6-10-20(13)16-11(2)14(17)18-15(19-16)12-8-9-12/h12-13H,3-10H2,1-2H3. The molecular weight excluding hydrogens is 270 g/mol. The summed E-state index contributed by atoms with van der Waals surface area (Å²) in [7, 11) is 0. The summed E-state index contributed by atoms with van der Waals surface area (Å²) in [6.45, 7) is 5.45. The Hall–Kier alpha value is -0.830. The summed E-state index contributed by atoms with van der Waals surface area (Å²) in [6.07, 6.45) is 8.82. The van der Waals surface area contributed by atoms with Gasteiger partial charge in [0.1, 0.15) is 16.8 Å². The average molecular weight is 294 g/mol. The number of nitrogens with zero attached hydrogens (tertiary/aromatic N) is 3. The molecule has 1 aliphatic carbocycles. The third-order valence-electron chi connectivity index (χ3n) is 4.64. The van der Waals surface area contributed by atoms with Gasteiger partial charge in [0.2, 0.25) is 0 Å². The van der Waals surface area contributed by atoms with Crippen LogP contribution >= 0.6 is 11.6 Å². The SMILES string of the molecule is CCC1CCCCCN1c1nc(C2CC2)nc(Cl)c1C. The second-order valence-corrected chi connectivity index (χ2v) is 6.56. The first kappa shape index (κ1) is 14.1. The van der Waals surface area contributed by atoms with Crippen LogP contribution in [-0.2, 0) is 0 Å². The maximum Gasteiger partial charge on any atom is 0.137 e. The molecule has 110 valence electrons. The maximum absolute atomic E-state index is 6.36. The van der Waals surface area contributed by atoms with Gasteiger partial charge in [0.25, 0.3) is 0 Å². The fourth-order valence-electron chi connectivity index (χ4n) is 3.18. The molecular formula is C16H24ClN3. The lowest BCUT2D eigenvalue weighted by atomic mass is 10.1. The minimum absolute atomic E-state index is 0.555. The number of rotatable bonds is 3. The van der Waals surface area contributed by atoms with Gasteiger partial charge in [-0.2, -0.15) is 0 Å². The minimum Gasteiger partial charge on any atom is -0.353 e. The van der Waals surface area contributed by atoms with Crippen molar-refractivity contribution in [2.24, 2.45) is 0 Å². The molecule has 2 aliphatic rings. The zero-order valence-electron chi connectivity index (χ0n) is 12.5. The number of aromatic nitrogens is 2. The van der Waals surface area contributed by atoms with Gasteiger partial charge in [0.05, 0.1) is 0 Å². The molecule has 1 aromatic heterocycles. The topological polar surface area (TPSA) is 29.0 Å². The normalized spacial score (nSPS) is 23.8. The Morgan fingerprint density at radius 3 is 2.65 bits per heavy atom. The summed E-state index contributed by atoms with van der Waals surface area (Å²) >= 11 is 6.36. The van der Waals surface area contributed by atoms with E-state index >= 15 is 0 Å². The van der Waals surface area contributed by atoms with Crippen LogP contribution in [0.25, 0.3) is 0 Å². The number of anilines is 1. The summed E-state index contributed by atoms with van der Waals surface area (Å²) in [5.74, 6) is 2.62. The molecule has 1 aromatic rings. The zero-order valence-corrected chi connectivity index (χ0v) is 13.3. The Morgan fingerprint density at radius 2 is 1.95 bits per heavy atom. The van der Waals surface area contributed by atoms with Gasteiger partial charge in [0.15, 0.2) is 0 Å². The molecule has 1 aliphatic heterocycles. The fourth-order valence-corrected chi connectivity index (χ4v) is 3.35. The van der Waals surface area contributed by atoms with Crippen molar-refractivity contribution >= 4 is 17.4 Å². The second kappa shape index (κ2) is 5.88. The molecule has 0 bridgehead atoms. The van der Waals surface area contributed by atoms with Crippen LogP contribution in [0.15, 0.2) is 0 Å². The van der Waals surface area contributed by atoms with Crippen molar-refractivity contribution in [3.63, 3.8) is 0 Å². The van der Waals surface area contributed by atoms with Gasteiger partial charge in [-0.15, -0.1) is 0 Å². The number of hydrogen-bond acceptors (Lipinski definition) is 3. The predicted molar refractivity (Wildman–Crippen MR) is 83.6 cm³/mol. The lowest BCUT2D eigenvalue weighted by Crippen LogP contribution is -2.36. The predicted octanol–water partition coefficient (Wildman–Crippen LogP) is 4.47. The van der Waals surface area contributed by atoms with Crippen LogP contribution in [0.2, 0.25) is 5.15 Å². The molecule has 20 heavy (non-hydrogen) atoms. The lowest BCUT2D eigenvalue weighted by molar-refractivity contribution is 0.550. The van der Waals surface area contributed by atoms with Crippen LogP contribution in [0.5, 0.6) is 0 Å². The van der Waals surface area contributed by atoms with E-state index in [1.54, 1.807) is 0 Å². The van der Waals surface area contributed by atoms with Crippen LogP contribution in [0.3, 0.4) is 0 Å². The van der Waals surface area contributed by atoms with Crippen LogP contribution in [0.4, 0.5) is 5.82 Å². The molecule has 2 heterocycles. The van der Waals surface area contributed by atoms with Crippen molar-refractivity contribution in [3.8, 4) is 0 Å². The third kappa shape index (κ3) is 2.78. The quantitative estimate of drug-likeness (QED) is 0.770. The van der Waals surface area contributed by atoms with Crippen LogP contribution < -0.4 is 4.90 Å². The molecule has 0 amide bonds. The average Bonchev–Trinajstić information content (AvgIpc) is 3.27. The Kier molecular flexibility index (Phi) is 4.16. The van der Waals surface area contributed by atoms with E-state index in [2.05, 4.69) is 23.7 Å². The molecule has 0 spiro atoms. The van der Waals surface area contributed by atoms with Crippen LogP contribution in [-0.4, -0.2) is 22.6 Å². The van der Waals surface area contributed by atoms with E-state index in [-0.39, 0.29) is 0 Å². The summed E-state index contributed by atoms with van der Waals surface area (Å²) in [6, 6.07) is 0.606. The molecule has 0 aromatic carbocycles. The van der Waals surface area contributed by atoms with Crippen molar-refractivity contribution in [1.29, 1.82) is 0 Å². The molecule has 1 saturated carbocycles. The highest BCUT2D eigenvalue weighted by atomic mass is 35.5. The smallest absolute Gasteiger partial charge is 0.137 e. The highest BCUT2D eigenvalue weighted by Crippen LogP contribution is 2.40. The van der Waals surface area contributed by atoms with E-state index in [9.17, 15) is 0 Å². The highest BCUT2D eigenvalue weighted by molar-refractivity contribution is 6.30. The second-order valence-electron chi connectivity index (χ2n) is 6.20. The molecule has 0 N–H and O–H groups in total. The molecule has 3 nitrogen and oxygen atoms in total. The van der Waals surface area contributed by atoms with E-state index in [1.165, 1.54) is 44.9 Å². The summed E-state index contributed by atoms with van der Waals surface area (Å²) < 4.78 is 0. The Balaban J connectivity index is 1.97.